The van der Waals surface area contributed by atoms with Crippen molar-refractivity contribution >= 4 is 17.6 Å². The topological polar surface area (TPSA) is 146 Å². The molecule has 0 saturated carbocycles. The van der Waals surface area contributed by atoms with E-state index < -0.39 is 30.1 Å². The maximum atomic E-state index is 12.5. The minimum Gasteiger partial charge on any atom is -0.391 e. The van der Waals surface area contributed by atoms with E-state index in [9.17, 15) is 19.5 Å². The molecule has 2 amide bonds. The average Bonchev–Trinajstić information content (AvgIpc) is 2.58. The molecular formula is C16H31N5O4. The highest BCUT2D eigenvalue weighted by molar-refractivity contribution is 5.94. The van der Waals surface area contributed by atoms with Gasteiger partial charge in [-0.3, -0.25) is 14.4 Å². The first-order valence-electron chi connectivity index (χ1n) is 8.74. The first-order chi connectivity index (χ1) is 11.8. The molecule has 4 atom stereocenters. The molecular weight excluding hydrogens is 326 g/mol. The van der Waals surface area contributed by atoms with Crippen molar-refractivity contribution in [1.29, 1.82) is 0 Å². The number of aliphatic hydroxyl groups is 1. The van der Waals surface area contributed by atoms with Crippen LogP contribution in [-0.4, -0.2) is 73.1 Å². The lowest BCUT2D eigenvalue weighted by Gasteiger charge is -2.28. The SMILES string of the molecule is CC(C)C(=O)[C@H](CCN)NC(=O)[C@@H](NC(=O)[C@@H]1CNCCN1)C(C)O. The molecule has 0 radical (unpaired) electrons. The number of hydrogen-bond donors (Lipinski definition) is 6. The molecule has 1 aliphatic heterocycles. The predicted molar refractivity (Wildman–Crippen MR) is 93.7 cm³/mol. The molecule has 25 heavy (non-hydrogen) atoms. The minimum absolute atomic E-state index is 0.132. The summed E-state index contributed by atoms with van der Waals surface area (Å²) < 4.78 is 0. The zero-order valence-corrected chi connectivity index (χ0v) is 15.2. The summed E-state index contributed by atoms with van der Waals surface area (Å²) >= 11 is 0. The molecule has 0 aromatic rings. The molecule has 144 valence electrons. The summed E-state index contributed by atoms with van der Waals surface area (Å²) in [6.07, 6.45) is -0.801. The number of ketones is 1. The summed E-state index contributed by atoms with van der Waals surface area (Å²) in [7, 11) is 0. The Morgan fingerprint density at radius 2 is 1.88 bits per heavy atom. The van der Waals surface area contributed by atoms with E-state index in [0.29, 0.717) is 19.5 Å². The highest BCUT2D eigenvalue weighted by Gasteiger charge is 2.32. The summed E-state index contributed by atoms with van der Waals surface area (Å²) in [5.41, 5.74) is 5.52. The Hall–Kier alpha value is -1.55. The maximum Gasteiger partial charge on any atom is 0.245 e. The Labute approximate surface area is 148 Å². The van der Waals surface area contributed by atoms with Gasteiger partial charge in [0, 0.05) is 25.6 Å². The number of amides is 2. The van der Waals surface area contributed by atoms with Crippen LogP contribution in [0.5, 0.6) is 0 Å². The number of carbonyl (C=O) groups is 3. The van der Waals surface area contributed by atoms with Crippen LogP contribution < -0.4 is 27.0 Å². The van der Waals surface area contributed by atoms with Crippen molar-refractivity contribution in [3.05, 3.63) is 0 Å². The number of carbonyl (C=O) groups excluding carboxylic acids is 3. The van der Waals surface area contributed by atoms with Gasteiger partial charge in [-0.15, -0.1) is 0 Å². The maximum absolute atomic E-state index is 12.5. The Morgan fingerprint density at radius 1 is 1.20 bits per heavy atom. The van der Waals surface area contributed by atoms with E-state index >= 15 is 0 Å². The van der Waals surface area contributed by atoms with Crippen molar-refractivity contribution in [3.63, 3.8) is 0 Å². The summed E-state index contributed by atoms with van der Waals surface area (Å²) in [6, 6.07) is -2.35. The summed E-state index contributed by atoms with van der Waals surface area (Å²) in [5, 5.41) is 21.2. The van der Waals surface area contributed by atoms with Crippen LogP contribution in [0.2, 0.25) is 0 Å². The smallest absolute Gasteiger partial charge is 0.245 e. The fourth-order valence-corrected chi connectivity index (χ4v) is 2.61. The second-order valence-corrected chi connectivity index (χ2v) is 6.63. The lowest BCUT2D eigenvalue weighted by Crippen LogP contribution is -2.62. The Morgan fingerprint density at radius 3 is 2.36 bits per heavy atom. The Bertz CT molecular complexity index is 463. The number of nitrogens with one attached hydrogen (secondary N) is 4. The van der Waals surface area contributed by atoms with Gasteiger partial charge in [-0.1, -0.05) is 13.8 Å². The van der Waals surface area contributed by atoms with Gasteiger partial charge in [0.15, 0.2) is 5.78 Å². The van der Waals surface area contributed by atoms with Crippen molar-refractivity contribution in [3.8, 4) is 0 Å². The number of rotatable bonds is 9. The van der Waals surface area contributed by atoms with Crippen LogP contribution in [0.4, 0.5) is 0 Å². The second kappa shape index (κ2) is 10.4. The van der Waals surface area contributed by atoms with Gasteiger partial charge < -0.3 is 32.1 Å². The molecule has 9 heteroatoms. The van der Waals surface area contributed by atoms with Crippen LogP contribution in [0, 0.1) is 5.92 Å². The van der Waals surface area contributed by atoms with E-state index in [1.165, 1.54) is 6.92 Å². The first-order valence-corrected chi connectivity index (χ1v) is 8.74. The molecule has 1 unspecified atom stereocenters. The molecule has 1 saturated heterocycles. The third kappa shape index (κ3) is 6.69. The van der Waals surface area contributed by atoms with Gasteiger partial charge in [0.2, 0.25) is 11.8 Å². The number of Topliss-reactive ketones (excluding diaryl/α,β-unsaturated/α-hetero) is 1. The van der Waals surface area contributed by atoms with E-state index in [1.54, 1.807) is 13.8 Å². The number of nitrogens with two attached hydrogens (primary N) is 1. The van der Waals surface area contributed by atoms with Gasteiger partial charge in [-0.2, -0.15) is 0 Å². The van der Waals surface area contributed by atoms with Gasteiger partial charge in [-0.25, -0.2) is 0 Å². The van der Waals surface area contributed by atoms with Gasteiger partial charge >= 0.3 is 0 Å². The first kappa shape index (κ1) is 21.5. The van der Waals surface area contributed by atoms with Crippen LogP contribution >= 0.6 is 0 Å². The lowest BCUT2D eigenvalue weighted by molar-refractivity contribution is -0.135. The van der Waals surface area contributed by atoms with Crippen molar-refractivity contribution in [1.82, 2.24) is 21.3 Å². The van der Waals surface area contributed by atoms with E-state index in [-0.39, 0.29) is 24.2 Å². The molecule has 7 N–H and O–H groups in total. The molecule has 1 rings (SSSR count). The van der Waals surface area contributed by atoms with Crippen LogP contribution in [0.25, 0.3) is 0 Å². The third-order valence-electron chi connectivity index (χ3n) is 4.10. The van der Waals surface area contributed by atoms with E-state index in [0.717, 1.165) is 6.54 Å². The fourth-order valence-electron chi connectivity index (χ4n) is 2.61. The lowest BCUT2D eigenvalue weighted by atomic mass is 9.98. The van der Waals surface area contributed by atoms with Crippen LogP contribution in [-0.2, 0) is 14.4 Å². The third-order valence-corrected chi connectivity index (χ3v) is 4.10. The highest BCUT2D eigenvalue weighted by Crippen LogP contribution is 2.05. The number of aliphatic hydroxyl groups excluding tert-OH is 1. The summed E-state index contributed by atoms with van der Waals surface area (Å²) in [4.78, 5) is 37.0. The fraction of sp³-hybridized carbons (Fsp3) is 0.812. The van der Waals surface area contributed by atoms with Crippen molar-refractivity contribution in [2.75, 3.05) is 26.2 Å². The monoisotopic (exact) mass is 357 g/mol. The van der Waals surface area contributed by atoms with Gasteiger partial charge in [0.25, 0.3) is 0 Å². The molecule has 9 nitrogen and oxygen atoms in total. The highest BCUT2D eigenvalue weighted by atomic mass is 16.3. The zero-order valence-electron chi connectivity index (χ0n) is 15.2. The standard InChI is InChI=1S/C16H31N5O4/c1-9(2)14(23)11(4-5-17)20-16(25)13(10(3)22)21-15(24)12-8-18-6-7-19-12/h9-13,18-19,22H,4-8,17H2,1-3H3,(H,20,25)(H,21,24)/t10?,11-,12-,13-/m0/s1. The predicted octanol–water partition coefficient (Wildman–Crippen LogP) is -2.53. The van der Waals surface area contributed by atoms with E-state index in [1.807, 2.05) is 0 Å². The number of piperazine rings is 1. The van der Waals surface area contributed by atoms with Gasteiger partial charge in [0.05, 0.1) is 18.2 Å². The largest absolute Gasteiger partial charge is 0.391 e. The molecule has 0 aliphatic carbocycles. The van der Waals surface area contributed by atoms with E-state index in [2.05, 4.69) is 21.3 Å². The summed E-state index contributed by atoms with van der Waals surface area (Å²) in [6.45, 7) is 7.00. The molecule has 0 bridgehead atoms. The molecule has 1 aliphatic rings. The van der Waals surface area contributed by atoms with Crippen LogP contribution in [0.15, 0.2) is 0 Å². The Kier molecular flexibility index (Phi) is 8.98. The van der Waals surface area contributed by atoms with Crippen molar-refractivity contribution in [2.45, 2.75) is 51.4 Å². The molecule has 0 spiro atoms. The van der Waals surface area contributed by atoms with Gasteiger partial charge in [0.1, 0.15) is 6.04 Å². The van der Waals surface area contributed by atoms with Crippen LogP contribution in [0.1, 0.15) is 27.2 Å². The quantitative estimate of drug-likeness (QED) is 0.267. The van der Waals surface area contributed by atoms with Gasteiger partial charge in [-0.05, 0) is 19.9 Å². The molecule has 0 aromatic carbocycles. The molecule has 0 aromatic heterocycles. The Balaban J connectivity index is 2.73. The molecule has 1 fully saturated rings. The number of hydrogen-bond acceptors (Lipinski definition) is 7. The van der Waals surface area contributed by atoms with Crippen LogP contribution in [0.3, 0.4) is 0 Å². The van der Waals surface area contributed by atoms with Crippen molar-refractivity contribution in [2.24, 2.45) is 11.7 Å². The minimum atomic E-state index is -1.14. The zero-order chi connectivity index (χ0) is 19.0. The molecule has 1 heterocycles. The van der Waals surface area contributed by atoms with Crippen molar-refractivity contribution < 1.29 is 19.5 Å². The average molecular weight is 357 g/mol. The second-order valence-electron chi connectivity index (χ2n) is 6.63. The summed E-state index contributed by atoms with van der Waals surface area (Å²) in [5.74, 6) is -1.36. The normalized spacial score (nSPS) is 21.3. The van der Waals surface area contributed by atoms with E-state index in [4.69, 9.17) is 5.73 Å².